The van der Waals surface area contributed by atoms with Crippen molar-refractivity contribution < 1.29 is 17.9 Å². The highest BCUT2D eigenvalue weighted by Crippen LogP contribution is 2.30. The third-order valence-electron chi connectivity index (χ3n) is 3.62. The Kier molecular flexibility index (Phi) is 5.38. The van der Waals surface area contributed by atoms with E-state index in [0.29, 0.717) is 36.0 Å². The van der Waals surface area contributed by atoms with Crippen LogP contribution in [0.2, 0.25) is 0 Å². The molecule has 0 atom stereocenters. The summed E-state index contributed by atoms with van der Waals surface area (Å²) in [5, 5.41) is 0. The van der Waals surface area contributed by atoms with Crippen LogP contribution >= 0.6 is 27.3 Å². The van der Waals surface area contributed by atoms with Gasteiger partial charge in [0.05, 0.1) is 10.9 Å². The van der Waals surface area contributed by atoms with Crippen molar-refractivity contribution in [2.45, 2.75) is 23.2 Å². The molecule has 1 aliphatic rings. The average molecular weight is 434 g/mol. The van der Waals surface area contributed by atoms with E-state index in [2.05, 4.69) is 25.9 Å². The van der Waals surface area contributed by atoms with Gasteiger partial charge in [-0.1, -0.05) is 0 Å². The number of hydrogen-bond acceptors (Lipinski definition) is 7. The maximum Gasteiger partial charge on any atom is 0.319 e. The van der Waals surface area contributed by atoms with Gasteiger partial charge < -0.3 is 9.47 Å². The summed E-state index contributed by atoms with van der Waals surface area (Å²) in [5.74, 6) is 0.436. The number of sulfonamides is 1. The lowest BCUT2D eigenvalue weighted by Crippen LogP contribution is -2.41. The molecule has 0 amide bonds. The first-order chi connectivity index (χ1) is 11.5. The largest absolute Gasteiger partial charge is 0.474 e. The van der Waals surface area contributed by atoms with Crippen molar-refractivity contribution in [3.8, 4) is 11.9 Å². The minimum atomic E-state index is -3.43. The first kappa shape index (κ1) is 17.6. The molecule has 0 aliphatic carbocycles. The zero-order chi connectivity index (χ0) is 17.2. The Bertz CT molecular complexity index is 804. The molecule has 3 rings (SSSR count). The van der Waals surface area contributed by atoms with Gasteiger partial charge in [0, 0.05) is 25.4 Å². The minimum absolute atomic E-state index is 0.0777. The molecular weight excluding hydrogens is 418 g/mol. The lowest BCUT2D eigenvalue weighted by molar-refractivity contribution is 0.128. The molecule has 0 saturated carbocycles. The van der Waals surface area contributed by atoms with E-state index in [4.69, 9.17) is 9.47 Å². The molecule has 0 spiro atoms. The van der Waals surface area contributed by atoms with Gasteiger partial charge in [-0.05, 0) is 40.9 Å². The monoisotopic (exact) mass is 433 g/mol. The second kappa shape index (κ2) is 7.34. The smallest absolute Gasteiger partial charge is 0.319 e. The van der Waals surface area contributed by atoms with E-state index in [1.807, 2.05) is 0 Å². The van der Waals surface area contributed by atoms with E-state index in [-0.39, 0.29) is 12.1 Å². The van der Waals surface area contributed by atoms with Crippen LogP contribution in [0, 0.1) is 0 Å². The Balaban J connectivity index is 1.61. The molecule has 130 valence electrons. The topological polar surface area (TPSA) is 81.6 Å². The van der Waals surface area contributed by atoms with E-state index in [1.165, 1.54) is 22.8 Å². The van der Waals surface area contributed by atoms with E-state index < -0.39 is 10.0 Å². The molecule has 1 fully saturated rings. The van der Waals surface area contributed by atoms with Crippen LogP contribution in [0.1, 0.15) is 12.8 Å². The zero-order valence-electron chi connectivity index (χ0n) is 12.9. The van der Waals surface area contributed by atoms with E-state index in [1.54, 1.807) is 24.4 Å². The number of halogens is 1. The second-order valence-electron chi connectivity index (χ2n) is 5.16. The molecule has 2 aromatic heterocycles. The van der Waals surface area contributed by atoms with Crippen LogP contribution < -0.4 is 9.47 Å². The zero-order valence-corrected chi connectivity index (χ0v) is 16.1. The Hall–Kier alpha value is -1.23. The van der Waals surface area contributed by atoms with Crippen LogP contribution in [0.4, 0.5) is 0 Å². The number of hydrogen-bond donors (Lipinski definition) is 0. The fraction of sp³-hybridized carbons (Fsp3) is 0.429. The molecule has 2 aromatic rings. The number of thiophene rings is 1. The molecule has 7 nitrogen and oxygen atoms in total. The van der Waals surface area contributed by atoms with E-state index in [9.17, 15) is 8.42 Å². The molecule has 10 heteroatoms. The summed E-state index contributed by atoms with van der Waals surface area (Å²) >= 11 is 4.52. The molecule has 0 aromatic carbocycles. The lowest BCUT2D eigenvalue weighted by Gasteiger charge is -2.30. The SMILES string of the molecule is COc1nccc(OC2CCN(S(=O)(=O)c3ccc(Br)s3)CC2)n1. The lowest BCUT2D eigenvalue weighted by atomic mass is 10.1. The quantitative estimate of drug-likeness (QED) is 0.720. The van der Waals surface area contributed by atoms with Gasteiger partial charge in [0.1, 0.15) is 10.3 Å². The summed E-state index contributed by atoms with van der Waals surface area (Å²) in [6.07, 6.45) is 2.71. The average Bonchev–Trinajstić information content (AvgIpc) is 3.03. The van der Waals surface area contributed by atoms with Crippen molar-refractivity contribution in [1.29, 1.82) is 0 Å². The van der Waals surface area contributed by atoms with Crippen molar-refractivity contribution in [1.82, 2.24) is 14.3 Å². The van der Waals surface area contributed by atoms with Crippen molar-refractivity contribution >= 4 is 37.3 Å². The summed E-state index contributed by atoms with van der Waals surface area (Å²) in [7, 11) is -1.94. The van der Waals surface area contributed by atoms with Crippen LogP contribution in [-0.4, -0.2) is 49.0 Å². The summed E-state index contributed by atoms with van der Waals surface area (Å²) < 4.78 is 38.6. The maximum atomic E-state index is 12.6. The highest BCUT2D eigenvalue weighted by molar-refractivity contribution is 9.11. The molecule has 3 heterocycles. The molecule has 0 bridgehead atoms. The van der Waals surface area contributed by atoms with Crippen LogP contribution in [-0.2, 0) is 10.0 Å². The Labute approximate surface area is 152 Å². The molecular formula is C14H16BrN3O4S2. The summed E-state index contributed by atoms with van der Waals surface area (Å²) in [5.41, 5.74) is 0. The number of aromatic nitrogens is 2. The third kappa shape index (κ3) is 3.88. The summed E-state index contributed by atoms with van der Waals surface area (Å²) in [6.45, 7) is 0.843. The van der Waals surface area contributed by atoms with Crippen LogP contribution in [0.3, 0.4) is 0 Å². The van der Waals surface area contributed by atoms with Gasteiger partial charge in [0.2, 0.25) is 5.88 Å². The molecule has 24 heavy (non-hydrogen) atoms. The van der Waals surface area contributed by atoms with E-state index in [0.717, 1.165) is 3.79 Å². The number of rotatable bonds is 5. The molecule has 0 radical (unpaired) electrons. The maximum absolute atomic E-state index is 12.6. The normalized spacial score (nSPS) is 16.9. The van der Waals surface area contributed by atoms with Gasteiger partial charge in [-0.25, -0.2) is 13.4 Å². The Morgan fingerprint density at radius 1 is 1.29 bits per heavy atom. The van der Waals surface area contributed by atoms with Gasteiger partial charge in [-0.15, -0.1) is 11.3 Å². The fourth-order valence-electron chi connectivity index (χ4n) is 2.41. The van der Waals surface area contributed by atoms with Crippen molar-refractivity contribution in [2.24, 2.45) is 0 Å². The second-order valence-corrected chi connectivity index (χ2v) is 9.79. The molecule has 0 N–H and O–H groups in total. The predicted molar refractivity (Wildman–Crippen MR) is 93.0 cm³/mol. The van der Waals surface area contributed by atoms with E-state index >= 15 is 0 Å². The minimum Gasteiger partial charge on any atom is -0.474 e. The van der Waals surface area contributed by atoms with Gasteiger partial charge in [0.25, 0.3) is 10.0 Å². The third-order valence-corrected chi connectivity index (χ3v) is 7.61. The first-order valence-corrected chi connectivity index (χ1v) is 10.3. The highest BCUT2D eigenvalue weighted by Gasteiger charge is 2.31. The van der Waals surface area contributed by atoms with Gasteiger partial charge >= 0.3 is 6.01 Å². The highest BCUT2D eigenvalue weighted by atomic mass is 79.9. The Morgan fingerprint density at radius 2 is 2.04 bits per heavy atom. The van der Waals surface area contributed by atoms with Crippen molar-refractivity contribution in [2.75, 3.05) is 20.2 Å². The first-order valence-electron chi connectivity index (χ1n) is 7.28. The van der Waals surface area contributed by atoms with Gasteiger partial charge in [-0.2, -0.15) is 9.29 Å². The van der Waals surface area contributed by atoms with Crippen LogP contribution in [0.25, 0.3) is 0 Å². The standard InChI is InChI=1S/C14H16BrN3O4S2/c1-21-14-16-7-4-12(17-14)22-10-5-8-18(9-6-10)24(19,20)13-3-2-11(15)23-13/h2-4,7,10H,5-6,8-9H2,1H3. The molecule has 0 unspecified atom stereocenters. The predicted octanol–water partition coefficient (Wildman–Crippen LogP) is 2.54. The molecule has 1 aliphatic heterocycles. The Morgan fingerprint density at radius 3 is 2.67 bits per heavy atom. The fourth-order valence-corrected chi connectivity index (χ4v) is 6.05. The number of methoxy groups -OCH3 is 1. The van der Waals surface area contributed by atoms with Gasteiger partial charge in [0.15, 0.2) is 0 Å². The molecule has 1 saturated heterocycles. The van der Waals surface area contributed by atoms with Crippen molar-refractivity contribution in [3.05, 3.63) is 28.2 Å². The van der Waals surface area contributed by atoms with Gasteiger partial charge in [-0.3, -0.25) is 0 Å². The van der Waals surface area contributed by atoms with Crippen LogP contribution in [0.5, 0.6) is 11.9 Å². The van der Waals surface area contributed by atoms with Crippen LogP contribution in [0.15, 0.2) is 32.4 Å². The van der Waals surface area contributed by atoms with Crippen molar-refractivity contribution in [3.63, 3.8) is 0 Å². The number of piperidine rings is 1. The summed E-state index contributed by atoms with van der Waals surface area (Å²) in [6, 6.07) is 5.28. The number of ether oxygens (including phenoxy) is 2. The summed E-state index contributed by atoms with van der Waals surface area (Å²) in [4.78, 5) is 8.04. The number of nitrogens with zero attached hydrogens (tertiary/aromatic N) is 3.